The number of ether oxygens (including phenoxy) is 2. The van der Waals surface area contributed by atoms with Gasteiger partial charge in [0.25, 0.3) is 0 Å². The zero-order valence-electron chi connectivity index (χ0n) is 11.0. The Balaban J connectivity index is 2.54. The van der Waals surface area contributed by atoms with Crippen LogP contribution in [0.4, 0.5) is 13.2 Å². The van der Waals surface area contributed by atoms with Gasteiger partial charge in [0.2, 0.25) is 0 Å². The van der Waals surface area contributed by atoms with Crippen molar-refractivity contribution in [3.8, 4) is 5.75 Å². The van der Waals surface area contributed by atoms with Gasteiger partial charge in [0.15, 0.2) is 0 Å². The molecule has 0 heterocycles. The van der Waals surface area contributed by atoms with Crippen LogP contribution in [0.5, 0.6) is 5.75 Å². The van der Waals surface area contributed by atoms with E-state index in [2.05, 4.69) is 5.32 Å². The Bertz CT molecular complexity index is 382. The predicted molar refractivity (Wildman–Crippen MR) is 66.3 cm³/mol. The molecular weight excluding hydrogens is 259 g/mol. The summed E-state index contributed by atoms with van der Waals surface area (Å²) in [6.45, 7) is -0.177. The van der Waals surface area contributed by atoms with E-state index in [4.69, 9.17) is 9.47 Å². The van der Waals surface area contributed by atoms with Crippen LogP contribution in [0.25, 0.3) is 0 Å². The molecule has 0 aliphatic carbocycles. The van der Waals surface area contributed by atoms with Crippen LogP contribution in [0.1, 0.15) is 18.0 Å². The lowest BCUT2D eigenvalue weighted by atomic mass is 10.1. The monoisotopic (exact) mass is 277 g/mol. The van der Waals surface area contributed by atoms with Crippen molar-refractivity contribution in [2.75, 3.05) is 27.4 Å². The van der Waals surface area contributed by atoms with Crippen LogP contribution in [0, 0.1) is 0 Å². The number of methoxy groups -OCH3 is 1. The van der Waals surface area contributed by atoms with Crippen LogP contribution in [0.15, 0.2) is 24.3 Å². The molecule has 3 nitrogen and oxygen atoms in total. The van der Waals surface area contributed by atoms with E-state index in [1.165, 1.54) is 0 Å². The number of para-hydroxylation sites is 1. The van der Waals surface area contributed by atoms with Gasteiger partial charge in [0.05, 0.1) is 32.8 Å². The molecule has 0 fully saturated rings. The Hall–Kier alpha value is -1.27. The molecule has 108 valence electrons. The molecule has 1 atom stereocenters. The minimum absolute atomic E-state index is 0.160. The van der Waals surface area contributed by atoms with E-state index in [1.54, 1.807) is 20.2 Å². The van der Waals surface area contributed by atoms with Crippen molar-refractivity contribution in [3.05, 3.63) is 29.8 Å². The van der Waals surface area contributed by atoms with Crippen molar-refractivity contribution in [2.24, 2.45) is 0 Å². The average Bonchev–Trinajstić information content (AvgIpc) is 2.38. The molecule has 1 aromatic rings. The van der Waals surface area contributed by atoms with Crippen LogP contribution in [-0.4, -0.2) is 33.5 Å². The number of nitrogens with one attached hydrogen (secondary N) is 1. The van der Waals surface area contributed by atoms with Crippen LogP contribution in [-0.2, 0) is 4.74 Å². The van der Waals surface area contributed by atoms with Crippen molar-refractivity contribution in [1.29, 1.82) is 0 Å². The minimum atomic E-state index is -4.18. The molecule has 0 bridgehead atoms. The number of halogens is 3. The van der Waals surface area contributed by atoms with Gasteiger partial charge in [-0.05, 0) is 13.1 Å². The Morgan fingerprint density at radius 1 is 1.26 bits per heavy atom. The molecule has 0 radical (unpaired) electrons. The molecule has 0 amide bonds. The maximum Gasteiger partial charge on any atom is 0.391 e. The van der Waals surface area contributed by atoms with Gasteiger partial charge < -0.3 is 14.8 Å². The molecule has 1 aromatic carbocycles. The molecule has 1 rings (SSSR count). The smallest absolute Gasteiger partial charge is 0.391 e. The van der Waals surface area contributed by atoms with E-state index >= 15 is 0 Å². The molecule has 1 unspecified atom stereocenters. The fourth-order valence-electron chi connectivity index (χ4n) is 1.67. The Labute approximate surface area is 110 Å². The Kier molecular flexibility index (Phi) is 6.11. The van der Waals surface area contributed by atoms with Crippen molar-refractivity contribution < 1.29 is 22.6 Å². The van der Waals surface area contributed by atoms with Gasteiger partial charge in [-0.15, -0.1) is 0 Å². The van der Waals surface area contributed by atoms with Crippen LogP contribution in [0.2, 0.25) is 0 Å². The van der Waals surface area contributed by atoms with E-state index in [9.17, 15) is 13.2 Å². The van der Waals surface area contributed by atoms with Gasteiger partial charge in [-0.1, -0.05) is 18.2 Å². The molecule has 6 heteroatoms. The minimum Gasteiger partial charge on any atom is -0.496 e. The van der Waals surface area contributed by atoms with E-state index in [1.807, 2.05) is 18.2 Å². The van der Waals surface area contributed by atoms with Gasteiger partial charge in [-0.3, -0.25) is 0 Å². The number of hydrogen-bond donors (Lipinski definition) is 1. The van der Waals surface area contributed by atoms with Gasteiger partial charge >= 0.3 is 6.18 Å². The second-order valence-corrected chi connectivity index (χ2v) is 4.02. The Morgan fingerprint density at radius 2 is 1.95 bits per heavy atom. The quantitative estimate of drug-likeness (QED) is 0.777. The van der Waals surface area contributed by atoms with Crippen LogP contribution < -0.4 is 10.1 Å². The molecule has 1 N–H and O–H groups in total. The first-order valence-electron chi connectivity index (χ1n) is 5.92. The average molecular weight is 277 g/mol. The lowest BCUT2D eigenvalue weighted by molar-refractivity contribution is -0.145. The predicted octanol–water partition coefficient (Wildman–Crippen LogP) is 2.92. The molecular formula is C13H18F3NO2. The van der Waals surface area contributed by atoms with E-state index < -0.39 is 12.6 Å². The van der Waals surface area contributed by atoms with Gasteiger partial charge in [-0.2, -0.15) is 13.2 Å². The maximum absolute atomic E-state index is 12.0. The summed E-state index contributed by atoms with van der Waals surface area (Å²) in [4.78, 5) is 0. The second-order valence-electron chi connectivity index (χ2n) is 4.02. The maximum atomic E-state index is 12.0. The molecule has 0 saturated heterocycles. The van der Waals surface area contributed by atoms with E-state index in [0.29, 0.717) is 5.75 Å². The third kappa shape index (κ3) is 5.48. The van der Waals surface area contributed by atoms with Gasteiger partial charge in [0, 0.05) is 5.56 Å². The molecule has 19 heavy (non-hydrogen) atoms. The summed E-state index contributed by atoms with van der Waals surface area (Å²) in [5, 5.41) is 3.00. The first-order valence-corrected chi connectivity index (χ1v) is 5.92. The highest BCUT2D eigenvalue weighted by Gasteiger charge is 2.26. The SMILES string of the molecule is CNC(COCCC(F)(F)F)c1ccccc1OC. The van der Waals surface area contributed by atoms with Crippen molar-refractivity contribution >= 4 is 0 Å². The van der Waals surface area contributed by atoms with E-state index in [-0.39, 0.29) is 19.3 Å². The highest BCUT2D eigenvalue weighted by molar-refractivity contribution is 5.35. The summed E-state index contributed by atoms with van der Waals surface area (Å²) < 4.78 is 46.3. The fraction of sp³-hybridized carbons (Fsp3) is 0.538. The summed E-state index contributed by atoms with van der Waals surface area (Å²) in [6.07, 6.45) is -5.12. The van der Waals surface area contributed by atoms with Crippen LogP contribution in [0.3, 0.4) is 0 Å². The normalized spacial score (nSPS) is 13.3. The fourth-order valence-corrected chi connectivity index (χ4v) is 1.67. The number of hydrogen-bond acceptors (Lipinski definition) is 3. The molecule has 0 spiro atoms. The van der Waals surface area contributed by atoms with Gasteiger partial charge in [-0.25, -0.2) is 0 Å². The highest BCUT2D eigenvalue weighted by Crippen LogP contribution is 2.25. The molecule has 0 aliphatic heterocycles. The standard InChI is InChI=1S/C13H18F3NO2/c1-17-11(9-19-8-7-13(14,15)16)10-5-3-4-6-12(10)18-2/h3-6,11,17H,7-9H2,1-2H3. The summed E-state index contributed by atoms with van der Waals surface area (Å²) >= 11 is 0. The lowest BCUT2D eigenvalue weighted by Crippen LogP contribution is -2.23. The molecule has 0 aliphatic rings. The summed E-state index contributed by atoms with van der Waals surface area (Å²) in [6, 6.07) is 7.13. The van der Waals surface area contributed by atoms with E-state index in [0.717, 1.165) is 5.56 Å². The Morgan fingerprint density at radius 3 is 2.53 bits per heavy atom. The zero-order chi connectivity index (χ0) is 14.3. The zero-order valence-corrected chi connectivity index (χ0v) is 11.0. The number of benzene rings is 1. The summed E-state index contributed by atoms with van der Waals surface area (Å²) in [5.41, 5.74) is 0.861. The largest absolute Gasteiger partial charge is 0.496 e. The summed E-state index contributed by atoms with van der Waals surface area (Å²) in [5.74, 6) is 0.682. The number of likely N-dealkylation sites (N-methyl/N-ethyl adjacent to an activating group) is 1. The molecule has 0 saturated carbocycles. The second kappa shape index (κ2) is 7.35. The third-order valence-electron chi connectivity index (χ3n) is 2.68. The number of alkyl halides is 3. The first-order chi connectivity index (χ1) is 8.98. The molecule has 0 aromatic heterocycles. The topological polar surface area (TPSA) is 30.5 Å². The van der Waals surface area contributed by atoms with Crippen molar-refractivity contribution in [3.63, 3.8) is 0 Å². The van der Waals surface area contributed by atoms with Crippen molar-refractivity contribution in [1.82, 2.24) is 5.32 Å². The van der Waals surface area contributed by atoms with Crippen LogP contribution >= 0.6 is 0 Å². The highest BCUT2D eigenvalue weighted by atomic mass is 19.4. The third-order valence-corrected chi connectivity index (χ3v) is 2.68. The van der Waals surface area contributed by atoms with Gasteiger partial charge in [0.1, 0.15) is 5.75 Å². The lowest BCUT2D eigenvalue weighted by Gasteiger charge is -2.19. The summed E-state index contributed by atoms with van der Waals surface area (Å²) in [7, 11) is 3.28. The first kappa shape index (κ1) is 15.8. The number of rotatable bonds is 7. The van der Waals surface area contributed by atoms with Crippen molar-refractivity contribution in [2.45, 2.75) is 18.6 Å².